The molecule has 0 radical (unpaired) electrons. The second kappa shape index (κ2) is 4.17. The largest absolute Gasteiger partial charge is 0.497 e. The molecule has 0 amide bonds. The van der Waals surface area contributed by atoms with E-state index in [1.54, 1.807) is 31.4 Å². The minimum absolute atomic E-state index is 0.0274. The summed E-state index contributed by atoms with van der Waals surface area (Å²) in [4.78, 5) is 18.0. The van der Waals surface area contributed by atoms with Crippen LogP contribution in [0.5, 0.6) is 5.75 Å². The van der Waals surface area contributed by atoms with Crippen molar-refractivity contribution in [2.75, 3.05) is 18.6 Å². The predicted octanol–water partition coefficient (Wildman–Crippen LogP) is 0.610. The van der Waals surface area contributed by atoms with E-state index in [1.807, 2.05) is 0 Å². The van der Waals surface area contributed by atoms with Crippen LogP contribution in [0.25, 0.3) is 11.4 Å². The maximum atomic E-state index is 11.4. The van der Waals surface area contributed by atoms with Gasteiger partial charge in [-0.25, -0.2) is 4.98 Å². The van der Waals surface area contributed by atoms with Crippen molar-refractivity contribution in [3.8, 4) is 17.1 Å². The van der Waals surface area contributed by atoms with Gasteiger partial charge in [0.15, 0.2) is 5.82 Å². The van der Waals surface area contributed by atoms with Gasteiger partial charge in [0.05, 0.1) is 7.11 Å². The van der Waals surface area contributed by atoms with Gasteiger partial charge in [-0.15, -0.1) is 0 Å². The lowest BCUT2D eigenvalue weighted by atomic mass is 10.2. The minimum Gasteiger partial charge on any atom is -0.497 e. The Hall–Kier alpha value is -2.50. The highest BCUT2D eigenvalue weighted by Crippen LogP contribution is 2.19. The van der Waals surface area contributed by atoms with E-state index in [-0.39, 0.29) is 11.5 Å². The number of hydrogen-bond acceptors (Lipinski definition) is 5. The van der Waals surface area contributed by atoms with E-state index in [0.717, 1.165) is 11.3 Å². The summed E-state index contributed by atoms with van der Waals surface area (Å²) in [6.45, 7) is 0. The van der Waals surface area contributed by atoms with Crippen molar-refractivity contribution < 1.29 is 4.74 Å². The summed E-state index contributed by atoms with van der Waals surface area (Å²) in [6, 6.07) is 7.07. The van der Waals surface area contributed by atoms with Gasteiger partial charge in [0.1, 0.15) is 17.3 Å². The van der Waals surface area contributed by atoms with Crippen molar-refractivity contribution in [3.63, 3.8) is 0 Å². The first-order valence-electron chi connectivity index (χ1n) is 4.91. The lowest BCUT2D eigenvalue weighted by molar-refractivity contribution is 0.415. The maximum Gasteiger partial charge on any atom is 0.276 e. The first-order valence-corrected chi connectivity index (χ1v) is 4.91. The molecule has 17 heavy (non-hydrogen) atoms. The third-order valence-corrected chi connectivity index (χ3v) is 2.35. The number of benzene rings is 1. The van der Waals surface area contributed by atoms with Crippen molar-refractivity contribution in [1.82, 2.24) is 9.97 Å². The monoisotopic (exact) mass is 232 g/mol. The van der Waals surface area contributed by atoms with Gasteiger partial charge in [-0.05, 0) is 24.3 Å². The standard InChI is InChI=1S/C11H12N4O2/c1-17-7-4-2-6(3-5-7)10-14-9(13)8(12)11(16)15-10/h2-5H,12H2,1H3,(H3,13,14,15,16). The SMILES string of the molecule is COc1ccc(-c2nc(N)c(N)c(=O)[nH]2)cc1. The molecule has 0 aliphatic rings. The van der Waals surface area contributed by atoms with Crippen LogP contribution in [0.15, 0.2) is 29.1 Å². The molecule has 0 atom stereocenters. The van der Waals surface area contributed by atoms with E-state index in [1.165, 1.54) is 0 Å². The van der Waals surface area contributed by atoms with Crippen molar-refractivity contribution in [1.29, 1.82) is 0 Å². The summed E-state index contributed by atoms with van der Waals surface area (Å²) in [7, 11) is 1.58. The molecule has 0 unspecified atom stereocenters. The van der Waals surface area contributed by atoms with Gasteiger partial charge in [0, 0.05) is 5.56 Å². The number of aromatic nitrogens is 2. The minimum atomic E-state index is -0.441. The van der Waals surface area contributed by atoms with Gasteiger partial charge in [0.25, 0.3) is 5.56 Å². The molecule has 0 saturated carbocycles. The summed E-state index contributed by atoms with van der Waals surface area (Å²) in [6.07, 6.45) is 0. The van der Waals surface area contributed by atoms with Crippen LogP contribution in [0.2, 0.25) is 0 Å². The molecule has 6 heteroatoms. The Morgan fingerprint density at radius 1 is 1.24 bits per heavy atom. The van der Waals surface area contributed by atoms with Gasteiger partial charge in [0.2, 0.25) is 0 Å². The molecule has 1 heterocycles. The third kappa shape index (κ3) is 2.05. The van der Waals surface area contributed by atoms with Crippen molar-refractivity contribution in [2.24, 2.45) is 0 Å². The zero-order valence-electron chi connectivity index (χ0n) is 9.23. The molecular weight excluding hydrogens is 220 g/mol. The molecule has 0 aliphatic heterocycles. The molecule has 0 aliphatic carbocycles. The molecule has 1 aromatic heterocycles. The average molecular weight is 232 g/mol. The summed E-state index contributed by atoms with van der Waals surface area (Å²) < 4.78 is 5.03. The molecule has 2 rings (SSSR count). The van der Waals surface area contributed by atoms with E-state index in [9.17, 15) is 4.79 Å². The Morgan fingerprint density at radius 2 is 1.88 bits per heavy atom. The highest BCUT2D eigenvalue weighted by molar-refractivity contribution is 5.63. The number of H-pyrrole nitrogens is 1. The summed E-state index contributed by atoms with van der Waals surface area (Å²) in [5.41, 5.74) is 11.2. The molecule has 0 spiro atoms. The van der Waals surface area contributed by atoms with Crippen LogP contribution in [0.4, 0.5) is 11.5 Å². The fourth-order valence-electron chi connectivity index (χ4n) is 1.39. The second-order valence-corrected chi connectivity index (χ2v) is 3.44. The van der Waals surface area contributed by atoms with Crippen LogP contribution in [-0.2, 0) is 0 Å². The van der Waals surface area contributed by atoms with Crippen molar-refractivity contribution >= 4 is 11.5 Å². The smallest absolute Gasteiger partial charge is 0.276 e. The van der Waals surface area contributed by atoms with Gasteiger partial charge in [-0.3, -0.25) is 4.79 Å². The number of methoxy groups -OCH3 is 1. The van der Waals surface area contributed by atoms with E-state index in [2.05, 4.69) is 9.97 Å². The molecule has 88 valence electrons. The molecule has 5 N–H and O–H groups in total. The summed E-state index contributed by atoms with van der Waals surface area (Å²) >= 11 is 0. The van der Waals surface area contributed by atoms with E-state index in [0.29, 0.717) is 5.82 Å². The Kier molecular flexibility index (Phi) is 2.70. The zero-order chi connectivity index (χ0) is 12.4. The van der Waals surface area contributed by atoms with Crippen LogP contribution in [0, 0.1) is 0 Å². The molecule has 6 nitrogen and oxygen atoms in total. The van der Waals surface area contributed by atoms with E-state index >= 15 is 0 Å². The first-order chi connectivity index (χ1) is 8.11. The van der Waals surface area contributed by atoms with Gasteiger partial charge >= 0.3 is 0 Å². The summed E-state index contributed by atoms with van der Waals surface area (Å²) in [5, 5.41) is 0. The molecule has 0 fully saturated rings. The molecular formula is C11H12N4O2. The van der Waals surface area contributed by atoms with Crippen LogP contribution in [0.1, 0.15) is 0 Å². The Morgan fingerprint density at radius 3 is 2.41 bits per heavy atom. The Balaban J connectivity index is 2.49. The van der Waals surface area contributed by atoms with Crippen LogP contribution >= 0.6 is 0 Å². The summed E-state index contributed by atoms with van der Waals surface area (Å²) in [5.74, 6) is 1.13. The maximum absolute atomic E-state index is 11.4. The number of anilines is 2. The molecule has 0 saturated heterocycles. The molecule has 2 aromatic rings. The van der Waals surface area contributed by atoms with Crippen LogP contribution < -0.4 is 21.8 Å². The highest BCUT2D eigenvalue weighted by Gasteiger charge is 2.06. The van der Waals surface area contributed by atoms with Gasteiger partial charge in [-0.1, -0.05) is 0 Å². The number of hydrogen-bond donors (Lipinski definition) is 3. The van der Waals surface area contributed by atoms with Crippen LogP contribution in [0.3, 0.4) is 0 Å². The number of nitrogen functional groups attached to an aromatic ring is 2. The molecule has 0 bridgehead atoms. The number of rotatable bonds is 2. The molecule has 1 aromatic carbocycles. The zero-order valence-corrected chi connectivity index (χ0v) is 9.23. The van der Waals surface area contributed by atoms with Crippen molar-refractivity contribution in [2.45, 2.75) is 0 Å². The van der Waals surface area contributed by atoms with E-state index in [4.69, 9.17) is 16.2 Å². The average Bonchev–Trinajstić information content (AvgIpc) is 2.35. The first kappa shape index (κ1) is 11.0. The Bertz CT molecular complexity index is 589. The fraction of sp³-hybridized carbons (Fsp3) is 0.0909. The quantitative estimate of drug-likeness (QED) is 0.703. The number of nitrogens with two attached hydrogens (primary N) is 2. The number of nitrogens with one attached hydrogen (secondary N) is 1. The van der Waals surface area contributed by atoms with Crippen LogP contribution in [-0.4, -0.2) is 17.1 Å². The fourth-order valence-corrected chi connectivity index (χ4v) is 1.39. The third-order valence-electron chi connectivity index (χ3n) is 2.35. The van der Waals surface area contributed by atoms with Crippen molar-refractivity contribution in [3.05, 3.63) is 34.6 Å². The number of aromatic amines is 1. The van der Waals surface area contributed by atoms with Gasteiger partial charge in [-0.2, -0.15) is 0 Å². The Labute approximate surface area is 97.2 Å². The second-order valence-electron chi connectivity index (χ2n) is 3.44. The predicted molar refractivity (Wildman–Crippen MR) is 65.7 cm³/mol. The lowest BCUT2D eigenvalue weighted by Crippen LogP contribution is -2.16. The normalized spacial score (nSPS) is 10.2. The number of nitrogens with zero attached hydrogens (tertiary/aromatic N) is 1. The van der Waals surface area contributed by atoms with Gasteiger partial charge < -0.3 is 21.2 Å². The number of ether oxygens (including phenoxy) is 1. The topological polar surface area (TPSA) is 107 Å². The van der Waals surface area contributed by atoms with E-state index < -0.39 is 5.56 Å². The highest BCUT2D eigenvalue weighted by atomic mass is 16.5. The lowest BCUT2D eigenvalue weighted by Gasteiger charge is -2.05.